The summed E-state index contributed by atoms with van der Waals surface area (Å²) >= 11 is 14.2. The fourth-order valence-electron chi connectivity index (χ4n) is 2.07. The van der Waals surface area contributed by atoms with Gasteiger partial charge in [-0.25, -0.2) is 0 Å². The molecule has 122 valence electrons. The van der Waals surface area contributed by atoms with E-state index < -0.39 is 0 Å². The van der Waals surface area contributed by atoms with E-state index in [1.54, 1.807) is 28.9 Å². The number of rotatable bonds is 5. The van der Waals surface area contributed by atoms with E-state index in [4.69, 9.17) is 23.8 Å². The molecule has 0 spiro atoms. The Morgan fingerprint density at radius 3 is 2.75 bits per heavy atom. The van der Waals surface area contributed by atoms with Gasteiger partial charge in [0.1, 0.15) is 4.32 Å². The number of pyridine rings is 1. The largest absolute Gasteiger partial charge is 0.292 e. The Morgan fingerprint density at radius 2 is 2.04 bits per heavy atom. The number of carbonyl (C=O) groups excluding carboxylic acids is 1. The lowest BCUT2D eigenvalue weighted by Crippen LogP contribution is -2.30. The highest BCUT2D eigenvalue weighted by Gasteiger charge is 2.31. The summed E-state index contributed by atoms with van der Waals surface area (Å²) < 4.78 is 0.596. The second-order valence-corrected chi connectivity index (χ2v) is 8.17. The quantitative estimate of drug-likeness (QED) is 0.417. The second-order valence-electron chi connectivity index (χ2n) is 4.89. The van der Waals surface area contributed by atoms with E-state index in [9.17, 15) is 4.79 Å². The molecule has 0 atom stereocenters. The first-order chi connectivity index (χ1) is 11.6. The number of halogens is 1. The summed E-state index contributed by atoms with van der Waals surface area (Å²) in [6, 6.07) is 13.3. The van der Waals surface area contributed by atoms with Crippen LogP contribution in [-0.2, 0) is 4.79 Å². The second kappa shape index (κ2) is 8.16. The van der Waals surface area contributed by atoms with E-state index in [0.29, 0.717) is 15.8 Å². The summed E-state index contributed by atoms with van der Waals surface area (Å²) in [5, 5.41) is 0.718. The maximum atomic E-state index is 12.5. The van der Waals surface area contributed by atoms with Crippen LogP contribution >= 0.6 is 47.3 Å². The van der Waals surface area contributed by atoms with Gasteiger partial charge >= 0.3 is 0 Å². The van der Waals surface area contributed by atoms with Crippen molar-refractivity contribution < 1.29 is 4.79 Å². The number of hydrogen-bond acceptors (Lipinski definition) is 5. The predicted octanol–water partition coefficient (Wildman–Crippen LogP) is 4.73. The Morgan fingerprint density at radius 1 is 1.25 bits per heavy atom. The van der Waals surface area contributed by atoms with Crippen LogP contribution in [-0.4, -0.2) is 32.4 Å². The van der Waals surface area contributed by atoms with Crippen LogP contribution < -0.4 is 0 Å². The Balaban J connectivity index is 1.60. The molecular formula is C17H13ClN2OS3. The van der Waals surface area contributed by atoms with Gasteiger partial charge in [0.25, 0.3) is 5.91 Å². The number of aromatic nitrogens is 1. The zero-order chi connectivity index (χ0) is 16.9. The van der Waals surface area contributed by atoms with Crippen molar-refractivity contribution in [3.63, 3.8) is 0 Å². The predicted molar refractivity (Wildman–Crippen MR) is 106 cm³/mol. The molecule has 1 aromatic carbocycles. The summed E-state index contributed by atoms with van der Waals surface area (Å²) in [4.78, 5) is 20.1. The number of thioether (sulfide) groups is 2. The van der Waals surface area contributed by atoms with Crippen LogP contribution in [0.25, 0.3) is 6.08 Å². The van der Waals surface area contributed by atoms with Gasteiger partial charge in [-0.15, -0.1) is 11.8 Å². The number of hydrogen-bond donors (Lipinski definition) is 0. The first kappa shape index (κ1) is 17.5. The standard InChI is InChI=1S/C17H13ClN2OS3/c18-12-4-6-14(7-5-12)23-10-9-20-16(21)15(24-17(20)22)11-13-3-1-2-8-19-13/h1-8,11H,9-10H2. The highest BCUT2D eigenvalue weighted by molar-refractivity contribution is 8.26. The van der Waals surface area contributed by atoms with E-state index in [1.807, 2.05) is 42.5 Å². The van der Waals surface area contributed by atoms with Crippen LogP contribution in [0.15, 0.2) is 58.5 Å². The normalized spacial score (nSPS) is 16.2. The highest BCUT2D eigenvalue weighted by Crippen LogP contribution is 2.32. The van der Waals surface area contributed by atoms with E-state index in [-0.39, 0.29) is 5.91 Å². The molecule has 1 aliphatic heterocycles. The molecule has 0 aliphatic carbocycles. The van der Waals surface area contributed by atoms with Crippen LogP contribution in [0.3, 0.4) is 0 Å². The molecule has 1 aliphatic rings. The molecule has 3 nitrogen and oxygen atoms in total. The van der Waals surface area contributed by atoms with E-state index in [2.05, 4.69) is 4.98 Å². The molecule has 0 bridgehead atoms. The van der Waals surface area contributed by atoms with Crippen molar-refractivity contribution in [3.05, 3.63) is 64.3 Å². The van der Waals surface area contributed by atoms with Gasteiger partial charge < -0.3 is 0 Å². The Kier molecular flexibility index (Phi) is 5.94. The lowest BCUT2D eigenvalue weighted by molar-refractivity contribution is -0.121. The van der Waals surface area contributed by atoms with Crippen LogP contribution in [0, 0.1) is 0 Å². The van der Waals surface area contributed by atoms with Gasteiger partial charge in [-0.2, -0.15) is 0 Å². The maximum Gasteiger partial charge on any atom is 0.266 e. The van der Waals surface area contributed by atoms with Crippen LogP contribution in [0.5, 0.6) is 0 Å². The van der Waals surface area contributed by atoms with Gasteiger partial charge in [0.15, 0.2) is 0 Å². The number of nitrogens with zero attached hydrogens (tertiary/aromatic N) is 2. The number of thiocarbonyl (C=S) groups is 1. The molecule has 2 heterocycles. The maximum absolute atomic E-state index is 12.5. The molecule has 1 amide bonds. The van der Waals surface area contributed by atoms with Gasteiger partial charge in [0, 0.05) is 28.4 Å². The molecule has 1 saturated heterocycles. The van der Waals surface area contributed by atoms with Crippen molar-refractivity contribution >= 4 is 63.6 Å². The van der Waals surface area contributed by atoms with Gasteiger partial charge in [0.2, 0.25) is 0 Å². The molecular weight excluding hydrogens is 380 g/mol. The number of carbonyl (C=O) groups is 1. The lowest BCUT2D eigenvalue weighted by Gasteiger charge is -2.13. The molecule has 2 aromatic rings. The highest BCUT2D eigenvalue weighted by atomic mass is 35.5. The molecule has 0 radical (unpaired) electrons. The summed E-state index contributed by atoms with van der Waals surface area (Å²) in [7, 11) is 0. The minimum atomic E-state index is -0.0487. The first-order valence-corrected chi connectivity index (χ1v) is 9.77. The van der Waals surface area contributed by atoms with Crippen LogP contribution in [0.4, 0.5) is 0 Å². The average Bonchev–Trinajstić information content (AvgIpc) is 2.85. The zero-order valence-corrected chi connectivity index (χ0v) is 15.7. The third-order valence-electron chi connectivity index (χ3n) is 3.24. The summed E-state index contributed by atoms with van der Waals surface area (Å²) in [5.74, 6) is 0.720. The number of amides is 1. The smallest absolute Gasteiger partial charge is 0.266 e. The fourth-order valence-corrected chi connectivity index (χ4v) is 4.33. The molecule has 24 heavy (non-hydrogen) atoms. The van der Waals surface area contributed by atoms with Gasteiger partial charge in [0.05, 0.1) is 10.6 Å². The number of benzene rings is 1. The van der Waals surface area contributed by atoms with Crippen molar-refractivity contribution in [2.24, 2.45) is 0 Å². The van der Waals surface area contributed by atoms with E-state index in [1.165, 1.54) is 11.8 Å². The topological polar surface area (TPSA) is 33.2 Å². The van der Waals surface area contributed by atoms with Crippen molar-refractivity contribution in [1.29, 1.82) is 0 Å². The van der Waals surface area contributed by atoms with Crippen molar-refractivity contribution in [2.45, 2.75) is 4.90 Å². The van der Waals surface area contributed by atoms with E-state index in [0.717, 1.165) is 21.4 Å². The Labute approximate surface area is 159 Å². The monoisotopic (exact) mass is 392 g/mol. The Bertz CT molecular complexity index is 778. The third kappa shape index (κ3) is 4.39. The third-order valence-corrected chi connectivity index (χ3v) is 5.86. The lowest BCUT2D eigenvalue weighted by atomic mass is 10.3. The molecule has 1 aromatic heterocycles. The average molecular weight is 393 g/mol. The molecule has 0 N–H and O–H groups in total. The molecule has 7 heteroatoms. The molecule has 0 saturated carbocycles. The fraction of sp³-hybridized carbons (Fsp3) is 0.118. The van der Waals surface area contributed by atoms with Crippen LogP contribution in [0.2, 0.25) is 5.02 Å². The van der Waals surface area contributed by atoms with Crippen molar-refractivity contribution in [3.8, 4) is 0 Å². The van der Waals surface area contributed by atoms with Crippen molar-refractivity contribution in [2.75, 3.05) is 12.3 Å². The molecule has 0 unspecified atom stereocenters. The van der Waals surface area contributed by atoms with Gasteiger partial charge in [-0.1, -0.05) is 41.6 Å². The Hall–Kier alpha value is -1.34. The zero-order valence-electron chi connectivity index (χ0n) is 12.5. The SMILES string of the molecule is O=C1C(=Cc2ccccn2)SC(=S)N1CCSc1ccc(Cl)cc1. The summed E-state index contributed by atoms with van der Waals surface area (Å²) in [6.07, 6.45) is 3.49. The van der Waals surface area contributed by atoms with Gasteiger partial charge in [-0.05, 0) is 42.5 Å². The minimum absolute atomic E-state index is 0.0487. The summed E-state index contributed by atoms with van der Waals surface area (Å²) in [6.45, 7) is 0.581. The summed E-state index contributed by atoms with van der Waals surface area (Å²) in [5.41, 5.74) is 0.758. The van der Waals surface area contributed by atoms with E-state index >= 15 is 0 Å². The molecule has 1 fully saturated rings. The first-order valence-electron chi connectivity index (χ1n) is 7.18. The minimum Gasteiger partial charge on any atom is -0.292 e. The van der Waals surface area contributed by atoms with Crippen molar-refractivity contribution in [1.82, 2.24) is 9.88 Å². The van der Waals surface area contributed by atoms with Gasteiger partial charge in [-0.3, -0.25) is 14.7 Å². The molecule has 3 rings (SSSR count). The van der Waals surface area contributed by atoms with Crippen LogP contribution in [0.1, 0.15) is 5.69 Å².